The number of aliphatic hydroxyl groups excluding tert-OH is 1. The largest absolute Gasteiger partial charge is 0.396 e. The Kier molecular flexibility index (Phi) is 6.63. The summed E-state index contributed by atoms with van der Waals surface area (Å²) in [5.41, 5.74) is 1.58. The molecule has 0 aliphatic heterocycles. The van der Waals surface area contributed by atoms with Gasteiger partial charge in [-0.3, -0.25) is 0 Å². The van der Waals surface area contributed by atoms with Gasteiger partial charge in [0, 0.05) is 17.5 Å². The summed E-state index contributed by atoms with van der Waals surface area (Å²) in [5.74, 6) is 0.950. The van der Waals surface area contributed by atoms with Gasteiger partial charge in [0.1, 0.15) is 6.07 Å². The van der Waals surface area contributed by atoms with Crippen molar-refractivity contribution in [1.29, 1.82) is 5.26 Å². The second-order valence-corrected chi connectivity index (χ2v) is 5.29. The van der Waals surface area contributed by atoms with Gasteiger partial charge in [-0.2, -0.15) is 5.26 Å². The van der Waals surface area contributed by atoms with Gasteiger partial charge < -0.3 is 10.4 Å². The van der Waals surface area contributed by atoms with Crippen LogP contribution in [0.1, 0.15) is 32.3 Å². The Bertz CT molecular complexity index is 415. The maximum atomic E-state index is 9.29. The highest BCUT2D eigenvalue weighted by Crippen LogP contribution is 2.28. The summed E-state index contributed by atoms with van der Waals surface area (Å²) in [6.07, 6.45) is 1.63. The van der Waals surface area contributed by atoms with E-state index in [4.69, 9.17) is 5.11 Å². The Morgan fingerprint density at radius 2 is 2.22 bits per heavy atom. The molecule has 1 atom stereocenters. The van der Waals surface area contributed by atoms with Crippen molar-refractivity contribution < 1.29 is 5.11 Å². The molecule has 2 N–H and O–H groups in total. The second kappa shape index (κ2) is 8.02. The summed E-state index contributed by atoms with van der Waals surface area (Å²) in [7, 11) is 0. The van der Waals surface area contributed by atoms with E-state index in [0.29, 0.717) is 12.0 Å². The fraction of sp³-hybridized carbons (Fsp3) is 0.500. The number of anilines is 1. The molecule has 0 heterocycles. The summed E-state index contributed by atoms with van der Waals surface area (Å²) >= 11 is 1.68. The molecule has 0 saturated carbocycles. The average Bonchev–Trinajstić information content (AvgIpc) is 2.39. The fourth-order valence-corrected chi connectivity index (χ4v) is 2.58. The molecule has 4 heteroatoms. The van der Waals surface area contributed by atoms with Crippen LogP contribution in [0.15, 0.2) is 23.1 Å². The van der Waals surface area contributed by atoms with E-state index >= 15 is 0 Å². The lowest BCUT2D eigenvalue weighted by atomic mass is 10.1. The average molecular weight is 264 g/mol. The highest BCUT2D eigenvalue weighted by molar-refractivity contribution is 7.99. The van der Waals surface area contributed by atoms with Crippen LogP contribution < -0.4 is 5.32 Å². The Balaban J connectivity index is 2.94. The van der Waals surface area contributed by atoms with Gasteiger partial charge in [0.05, 0.1) is 11.3 Å². The molecule has 18 heavy (non-hydrogen) atoms. The van der Waals surface area contributed by atoms with Crippen LogP contribution in [0.25, 0.3) is 0 Å². The van der Waals surface area contributed by atoms with E-state index < -0.39 is 0 Å². The molecule has 1 aromatic carbocycles. The van der Waals surface area contributed by atoms with E-state index in [1.807, 2.05) is 18.2 Å². The van der Waals surface area contributed by atoms with Crippen molar-refractivity contribution in [2.45, 2.75) is 37.6 Å². The van der Waals surface area contributed by atoms with Gasteiger partial charge in [-0.25, -0.2) is 0 Å². The number of nitrogens with zero attached hydrogens (tertiary/aromatic N) is 1. The SMILES string of the molecule is CCSc1cccc(NC(CC)CCO)c1C#N. The van der Waals surface area contributed by atoms with Crippen molar-refractivity contribution in [2.75, 3.05) is 17.7 Å². The molecule has 1 rings (SSSR count). The van der Waals surface area contributed by atoms with Crippen LogP contribution >= 0.6 is 11.8 Å². The summed E-state index contributed by atoms with van der Waals surface area (Å²) in [4.78, 5) is 1.02. The molecular formula is C14H20N2OS. The molecular weight excluding hydrogens is 244 g/mol. The predicted octanol–water partition coefficient (Wildman–Crippen LogP) is 3.24. The maximum absolute atomic E-state index is 9.29. The molecule has 0 amide bonds. The standard InChI is InChI=1S/C14H20N2OS/c1-3-11(8-9-17)16-13-6-5-7-14(18-4-2)12(13)10-15/h5-7,11,16-17H,3-4,8-9H2,1-2H3. The van der Waals surface area contributed by atoms with Gasteiger partial charge in [0.25, 0.3) is 0 Å². The van der Waals surface area contributed by atoms with Crippen molar-refractivity contribution in [3.8, 4) is 6.07 Å². The monoisotopic (exact) mass is 264 g/mol. The number of benzene rings is 1. The number of aliphatic hydroxyl groups is 1. The number of hydrogen-bond acceptors (Lipinski definition) is 4. The van der Waals surface area contributed by atoms with Crippen molar-refractivity contribution in [3.63, 3.8) is 0 Å². The van der Waals surface area contributed by atoms with Gasteiger partial charge in [0.15, 0.2) is 0 Å². The minimum absolute atomic E-state index is 0.163. The minimum atomic E-state index is 0.163. The van der Waals surface area contributed by atoms with E-state index in [9.17, 15) is 5.26 Å². The molecule has 0 aliphatic carbocycles. The third-order valence-electron chi connectivity index (χ3n) is 2.77. The Morgan fingerprint density at radius 3 is 2.78 bits per heavy atom. The van der Waals surface area contributed by atoms with Gasteiger partial charge in [0.2, 0.25) is 0 Å². The molecule has 98 valence electrons. The van der Waals surface area contributed by atoms with Crippen molar-refractivity contribution >= 4 is 17.4 Å². The van der Waals surface area contributed by atoms with Crippen LogP contribution in [0, 0.1) is 11.3 Å². The molecule has 0 aromatic heterocycles. The third-order valence-corrected chi connectivity index (χ3v) is 3.71. The number of hydrogen-bond donors (Lipinski definition) is 2. The van der Waals surface area contributed by atoms with Gasteiger partial charge >= 0.3 is 0 Å². The molecule has 0 fully saturated rings. The zero-order valence-corrected chi connectivity index (χ0v) is 11.8. The van der Waals surface area contributed by atoms with Gasteiger partial charge in [-0.05, 0) is 30.7 Å². The first kappa shape index (κ1) is 14.9. The lowest BCUT2D eigenvalue weighted by molar-refractivity contribution is 0.278. The van der Waals surface area contributed by atoms with Crippen LogP contribution in [-0.4, -0.2) is 23.5 Å². The van der Waals surface area contributed by atoms with Crippen LogP contribution in [0.3, 0.4) is 0 Å². The minimum Gasteiger partial charge on any atom is -0.396 e. The first-order chi connectivity index (χ1) is 8.76. The van der Waals surface area contributed by atoms with Crippen molar-refractivity contribution in [2.24, 2.45) is 0 Å². The summed E-state index contributed by atoms with van der Waals surface area (Å²) in [6.45, 7) is 4.31. The van der Waals surface area contributed by atoms with Crippen LogP contribution in [0.5, 0.6) is 0 Å². The first-order valence-corrected chi connectivity index (χ1v) is 7.28. The number of nitrogens with one attached hydrogen (secondary N) is 1. The number of thioether (sulfide) groups is 1. The molecule has 0 aliphatic rings. The summed E-state index contributed by atoms with van der Waals surface area (Å²) in [5, 5.41) is 21.6. The van der Waals surface area contributed by atoms with Crippen LogP contribution in [-0.2, 0) is 0 Å². The highest BCUT2D eigenvalue weighted by atomic mass is 32.2. The topological polar surface area (TPSA) is 56.0 Å². The van der Waals surface area contributed by atoms with E-state index in [-0.39, 0.29) is 12.6 Å². The predicted molar refractivity (Wildman–Crippen MR) is 77.0 cm³/mol. The Morgan fingerprint density at radius 1 is 1.44 bits per heavy atom. The molecule has 0 radical (unpaired) electrons. The maximum Gasteiger partial charge on any atom is 0.102 e. The zero-order chi connectivity index (χ0) is 13.4. The fourth-order valence-electron chi connectivity index (χ4n) is 1.80. The summed E-state index contributed by atoms with van der Waals surface area (Å²) < 4.78 is 0. The molecule has 0 spiro atoms. The zero-order valence-electron chi connectivity index (χ0n) is 10.9. The second-order valence-electron chi connectivity index (χ2n) is 3.99. The quantitative estimate of drug-likeness (QED) is 0.742. The van der Waals surface area contributed by atoms with Crippen molar-refractivity contribution in [1.82, 2.24) is 0 Å². The van der Waals surface area contributed by atoms with Crippen LogP contribution in [0.2, 0.25) is 0 Å². The van der Waals surface area contributed by atoms with E-state index in [1.54, 1.807) is 11.8 Å². The Hall–Kier alpha value is -1.18. The Labute approximate surface area is 113 Å². The molecule has 0 bridgehead atoms. The lowest BCUT2D eigenvalue weighted by Crippen LogP contribution is -2.20. The van der Waals surface area contributed by atoms with Gasteiger partial charge in [-0.15, -0.1) is 11.8 Å². The number of rotatable bonds is 7. The first-order valence-electron chi connectivity index (χ1n) is 6.30. The molecule has 1 aromatic rings. The summed E-state index contributed by atoms with van der Waals surface area (Å²) in [6, 6.07) is 8.36. The highest BCUT2D eigenvalue weighted by Gasteiger charge is 2.11. The molecule has 1 unspecified atom stereocenters. The lowest BCUT2D eigenvalue weighted by Gasteiger charge is -2.19. The molecule has 3 nitrogen and oxygen atoms in total. The smallest absolute Gasteiger partial charge is 0.102 e. The van der Waals surface area contributed by atoms with Crippen molar-refractivity contribution in [3.05, 3.63) is 23.8 Å². The van der Waals surface area contributed by atoms with Gasteiger partial charge in [-0.1, -0.05) is 19.9 Å². The normalized spacial score (nSPS) is 11.9. The molecule has 0 saturated heterocycles. The number of nitriles is 1. The van der Waals surface area contributed by atoms with E-state index in [1.165, 1.54) is 0 Å². The van der Waals surface area contributed by atoms with E-state index in [0.717, 1.165) is 22.8 Å². The van der Waals surface area contributed by atoms with E-state index in [2.05, 4.69) is 25.2 Å². The third kappa shape index (κ3) is 3.94. The van der Waals surface area contributed by atoms with Crippen LogP contribution in [0.4, 0.5) is 5.69 Å².